The molecule has 0 fully saturated rings. The van der Waals surface area contributed by atoms with Gasteiger partial charge in [-0.15, -0.1) is 0 Å². The summed E-state index contributed by atoms with van der Waals surface area (Å²) in [4.78, 5) is 20.7. The van der Waals surface area contributed by atoms with E-state index in [0.717, 1.165) is 21.3 Å². The number of benzene rings is 1. The van der Waals surface area contributed by atoms with Crippen molar-refractivity contribution in [3.05, 3.63) is 47.2 Å². The predicted octanol–water partition coefficient (Wildman–Crippen LogP) is 4.88. The molecule has 2 aromatic heterocycles. The number of rotatable bonds is 4. The maximum absolute atomic E-state index is 12.6. The van der Waals surface area contributed by atoms with Gasteiger partial charge in [-0.05, 0) is 54.9 Å². The zero-order valence-corrected chi connectivity index (χ0v) is 14.5. The second kappa shape index (κ2) is 6.82. The molecular weight excluding hydrogens is 352 g/mol. The molecule has 0 radical (unpaired) electrons. The number of fused-ring (bicyclic) bond motifs is 1. The van der Waals surface area contributed by atoms with Crippen molar-refractivity contribution in [1.82, 2.24) is 9.97 Å². The highest BCUT2D eigenvalue weighted by Gasteiger charge is 2.18. The van der Waals surface area contributed by atoms with Crippen LogP contribution >= 0.6 is 23.1 Å². The molecule has 8 heteroatoms. The van der Waals surface area contributed by atoms with Crippen LogP contribution < -0.4 is 5.32 Å². The summed E-state index contributed by atoms with van der Waals surface area (Å²) in [7, 11) is 0. The number of nitrogens with zero attached hydrogens (tertiary/aromatic N) is 2. The Morgan fingerprint density at radius 1 is 1.33 bits per heavy atom. The highest BCUT2D eigenvalue weighted by atomic mass is 32.2. The number of alkyl halides is 2. The Hall–Kier alpha value is -2.06. The van der Waals surface area contributed by atoms with Crippen LogP contribution in [0, 0.1) is 13.8 Å². The fraction of sp³-hybridized carbons (Fsp3) is 0.188. The van der Waals surface area contributed by atoms with Gasteiger partial charge in [-0.2, -0.15) is 8.78 Å². The van der Waals surface area contributed by atoms with E-state index < -0.39 is 11.7 Å². The largest absolute Gasteiger partial charge is 0.298 e. The Bertz CT molecular complexity index is 911. The monoisotopic (exact) mass is 365 g/mol. The summed E-state index contributed by atoms with van der Waals surface area (Å²) in [5.41, 5.74) is 3.07. The van der Waals surface area contributed by atoms with E-state index in [2.05, 4.69) is 15.3 Å². The summed E-state index contributed by atoms with van der Waals surface area (Å²) >= 11 is 1.60. The standard InChI is InChI=1S/C16H13F2N3OS2/c1-8-6-9(2)12-11(7-8)23-16(20-12)21-13(22)10-4-3-5-19-14(10)24-15(17)18/h3-7,15H,1-2H3,(H,20,21,22). The number of anilines is 1. The van der Waals surface area contributed by atoms with Crippen LogP contribution in [0.2, 0.25) is 0 Å². The quantitative estimate of drug-likeness (QED) is 0.670. The van der Waals surface area contributed by atoms with Crippen molar-refractivity contribution in [3.8, 4) is 0 Å². The van der Waals surface area contributed by atoms with E-state index in [1.165, 1.54) is 29.7 Å². The number of thioether (sulfide) groups is 1. The van der Waals surface area contributed by atoms with Gasteiger partial charge in [0, 0.05) is 6.20 Å². The smallest absolute Gasteiger partial charge is 0.290 e. The fourth-order valence-corrected chi connectivity index (χ4v) is 3.95. The Morgan fingerprint density at radius 3 is 2.88 bits per heavy atom. The first kappa shape index (κ1) is 16.8. The van der Waals surface area contributed by atoms with Crippen LogP contribution in [-0.4, -0.2) is 21.6 Å². The zero-order chi connectivity index (χ0) is 17.3. The normalized spacial score (nSPS) is 11.2. The van der Waals surface area contributed by atoms with Crippen molar-refractivity contribution in [2.75, 3.05) is 5.32 Å². The molecule has 0 atom stereocenters. The van der Waals surface area contributed by atoms with Crippen molar-refractivity contribution in [2.24, 2.45) is 0 Å². The summed E-state index contributed by atoms with van der Waals surface area (Å²) in [5.74, 6) is -3.14. The number of halogens is 2. The summed E-state index contributed by atoms with van der Waals surface area (Å²) in [5, 5.41) is 3.11. The van der Waals surface area contributed by atoms with E-state index in [9.17, 15) is 13.6 Å². The van der Waals surface area contributed by atoms with Gasteiger partial charge in [0.1, 0.15) is 5.03 Å². The van der Waals surface area contributed by atoms with E-state index in [1.807, 2.05) is 26.0 Å². The molecular formula is C16H13F2N3OS2. The topological polar surface area (TPSA) is 54.9 Å². The number of nitrogens with one attached hydrogen (secondary N) is 1. The maximum atomic E-state index is 12.6. The van der Waals surface area contributed by atoms with E-state index in [4.69, 9.17) is 0 Å². The Morgan fingerprint density at radius 2 is 2.12 bits per heavy atom. The van der Waals surface area contributed by atoms with Crippen molar-refractivity contribution >= 4 is 44.4 Å². The highest BCUT2D eigenvalue weighted by molar-refractivity contribution is 7.99. The molecule has 0 aliphatic carbocycles. The van der Waals surface area contributed by atoms with Gasteiger partial charge < -0.3 is 0 Å². The van der Waals surface area contributed by atoms with E-state index in [-0.39, 0.29) is 22.4 Å². The maximum Gasteiger partial charge on any atom is 0.290 e. The minimum atomic E-state index is -2.64. The average molecular weight is 365 g/mol. The molecule has 0 aliphatic rings. The minimum Gasteiger partial charge on any atom is -0.298 e. The van der Waals surface area contributed by atoms with Crippen molar-refractivity contribution in [1.29, 1.82) is 0 Å². The second-order valence-electron chi connectivity index (χ2n) is 5.14. The molecule has 4 nitrogen and oxygen atoms in total. The summed E-state index contributed by atoms with van der Waals surface area (Å²) < 4.78 is 26.2. The van der Waals surface area contributed by atoms with Crippen LogP contribution in [0.3, 0.4) is 0 Å². The molecule has 0 spiro atoms. The number of carbonyl (C=O) groups excluding carboxylic acids is 1. The van der Waals surface area contributed by atoms with Crippen LogP contribution in [0.5, 0.6) is 0 Å². The second-order valence-corrected chi connectivity index (χ2v) is 7.15. The molecule has 3 rings (SSSR count). The summed E-state index contributed by atoms with van der Waals surface area (Å²) in [6.45, 7) is 3.95. The Kier molecular flexibility index (Phi) is 4.77. The number of aromatic nitrogens is 2. The third-order valence-electron chi connectivity index (χ3n) is 3.27. The van der Waals surface area contributed by atoms with Gasteiger partial charge >= 0.3 is 0 Å². The molecule has 0 bridgehead atoms. The molecule has 124 valence electrons. The number of amides is 1. The first-order valence-corrected chi connectivity index (χ1v) is 8.72. The van der Waals surface area contributed by atoms with Gasteiger partial charge in [0.25, 0.3) is 11.7 Å². The Balaban J connectivity index is 1.89. The molecule has 0 saturated carbocycles. The predicted molar refractivity (Wildman–Crippen MR) is 93.1 cm³/mol. The number of carbonyl (C=O) groups is 1. The van der Waals surface area contributed by atoms with Crippen molar-refractivity contribution in [2.45, 2.75) is 24.6 Å². The lowest BCUT2D eigenvalue weighted by molar-refractivity contribution is 0.102. The summed E-state index contributed by atoms with van der Waals surface area (Å²) in [6, 6.07) is 7.02. The van der Waals surface area contributed by atoms with Crippen LogP contribution in [0.25, 0.3) is 10.2 Å². The van der Waals surface area contributed by atoms with Gasteiger partial charge in [0.05, 0.1) is 15.8 Å². The molecule has 24 heavy (non-hydrogen) atoms. The number of thiazole rings is 1. The van der Waals surface area contributed by atoms with Crippen molar-refractivity contribution in [3.63, 3.8) is 0 Å². The van der Waals surface area contributed by atoms with Gasteiger partial charge in [0.15, 0.2) is 5.13 Å². The molecule has 0 saturated heterocycles. The SMILES string of the molecule is Cc1cc(C)c2nc(NC(=O)c3cccnc3SC(F)F)sc2c1. The number of hydrogen-bond donors (Lipinski definition) is 1. The number of hydrogen-bond acceptors (Lipinski definition) is 5. The lowest BCUT2D eigenvalue weighted by Gasteiger charge is -2.06. The van der Waals surface area contributed by atoms with Crippen LogP contribution in [0.1, 0.15) is 21.5 Å². The zero-order valence-electron chi connectivity index (χ0n) is 12.8. The van der Waals surface area contributed by atoms with Gasteiger partial charge in [0.2, 0.25) is 0 Å². The molecule has 0 unspecified atom stereocenters. The van der Waals surface area contributed by atoms with Crippen LogP contribution in [-0.2, 0) is 0 Å². The molecule has 1 aromatic carbocycles. The third-order valence-corrected chi connectivity index (χ3v) is 4.91. The van der Waals surface area contributed by atoms with E-state index in [1.54, 1.807) is 0 Å². The first-order chi connectivity index (χ1) is 11.4. The van der Waals surface area contributed by atoms with Crippen LogP contribution in [0.4, 0.5) is 13.9 Å². The van der Waals surface area contributed by atoms with Gasteiger partial charge in [-0.3, -0.25) is 10.1 Å². The third kappa shape index (κ3) is 3.54. The molecule has 1 N–H and O–H groups in total. The van der Waals surface area contributed by atoms with Crippen LogP contribution in [0.15, 0.2) is 35.5 Å². The first-order valence-electron chi connectivity index (χ1n) is 7.03. The van der Waals surface area contributed by atoms with Crippen molar-refractivity contribution < 1.29 is 13.6 Å². The highest BCUT2D eigenvalue weighted by Crippen LogP contribution is 2.31. The number of pyridine rings is 1. The minimum absolute atomic E-state index is 0.00173. The molecule has 3 aromatic rings. The molecule has 0 aliphatic heterocycles. The molecule has 1 amide bonds. The lowest BCUT2D eigenvalue weighted by Crippen LogP contribution is -2.13. The average Bonchev–Trinajstić information content (AvgIpc) is 2.89. The summed E-state index contributed by atoms with van der Waals surface area (Å²) in [6.07, 6.45) is 1.38. The van der Waals surface area contributed by atoms with E-state index in [0.29, 0.717) is 5.13 Å². The lowest BCUT2D eigenvalue weighted by atomic mass is 10.1. The number of aryl methyl sites for hydroxylation is 2. The molecule has 2 heterocycles. The van der Waals surface area contributed by atoms with Gasteiger partial charge in [-0.1, -0.05) is 17.4 Å². The van der Waals surface area contributed by atoms with Gasteiger partial charge in [-0.25, -0.2) is 9.97 Å². The Labute approximate surface area is 145 Å². The van der Waals surface area contributed by atoms with E-state index >= 15 is 0 Å². The fourth-order valence-electron chi connectivity index (χ4n) is 2.33.